The molecule has 0 fully saturated rings. The second kappa shape index (κ2) is 16.7. The fraction of sp³-hybridized carbons (Fsp3) is 0.875. The van der Waals surface area contributed by atoms with Gasteiger partial charge in [0.15, 0.2) is 0 Å². The molecule has 7 heteroatoms. The van der Waals surface area contributed by atoms with Gasteiger partial charge in [-0.1, -0.05) is 58.3 Å². The number of hydrogen-bond acceptors (Lipinski definition) is 4. The van der Waals surface area contributed by atoms with Gasteiger partial charge < -0.3 is 20.6 Å². The normalized spacial score (nSPS) is 13.1. The van der Waals surface area contributed by atoms with E-state index in [-0.39, 0.29) is 36.1 Å². The Balaban J connectivity index is 0. The van der Waals surface area contributed by atoms with Crippen molar-refractivity contribution in [2.75, 3.05) is 6.54 Å². The molecule has 0 aliphatic rings. The molecule has 0 aliphatic heterocycles. The van der Waals surface area contributed by atoms with E-state index in [1.165, 1.54) is 38.5 Å². The van der Waals surface area contributed by atoms with Crippen LogP contribution in [-0.4, -0.2) is 75.5 Å². The standard InChI is InChI=1S/C16H31NO5.Na.H/c1-2-3-4-5-6-7-8-9-10-13(18)12-17-14(16(21)22)11-15(19)20;;/h13-14,17-18H,2-12H2,1H3,(H,19,20)(H,21,22);;/t13?,14-;;/m0../s1. The van der Waals surface area contributed by atoms with Crippen LogP contribution in [0.5, 0.6) is 0 Å². The Morgan fingerprint density at radius 2 is 1.48 bits per heavy atom. The summed E-state index contributed by atoms with van der Waals surface area (Å²) in [7, 11) is 0. The van der Waals surface area contributed by atoms with E-state index in [2.05, 4.69) is 12.2 Å². The number of aliphatic hydroxyl groups excluding tert-OH is 1. The van der Waals surface area contributed by atoms with Crippen LogP contribution in [-0.2, 0) is 9.59 Å². The summed E-state index contributed by atoms with van der Waals surface area (Å²) in [6, 6.07) is -1.15. The average molecular weight is 341 g/mol. The maximum atomic E-state index is 10.8. The molecule has 0 bridgehead atoms. The summed E-state index contributed by atoms with van der Waals surface area (Å²) in [5.41, 5.74) is 0. The number of unbranched alkanes of at least 4 members (excludes halogenated alkanes) is 7. The minimum atomic E-state index is -1.21. The van der Waals surface area contributed by atoms with Crippen LogP contribution in [0.1, 0.15) is 71.1 Å². The maximum absolute atomic E-state index is 10.8. The van der Waals surface area contributed by atoms with Crippen LogP contribution in [0.2, 0.25) is 0 Å². The number of hydrogen-bond donors (Lipinski definition) is 4. The summed E-state index contributed by atoms with van der Waals surface area (Å²) in [6.45, 7) is 2.31. The third kappa shape index (κ3) is 16.5. The SMILES string of the molecule is CCCCCCCCCCC(O)CN[C@@H](CC(=O)O)C(=O)O.[NaH]. The molecule has 0 heterocycles. The van der Waals surface area contributed by atoms with Crippen LogP contribution in [0, 0.1) is 0 Å². The summed E-state index contributed by atoms with van der Waals surface area (Å²) in [6.07, 6.45) is 8.99. The number of carbonyl (C=O) groups is 2. The van der Waals surface area contributed by atoms with Crippen molar-refractivity contribution in [3.05, 3.63) is 0 Å². The van der Waals surface area contributed by atoms with Crippen LogP contribution in [0.3, 0.4) is 0 Å². The first-order chi connectivity index (χ1) is 10.5. The zero-order valence-corrected chi connectivity index (χ0v) is 13.6. The first-order valence-electron chi connectivity index (χ1n) is 8.33. The first-order valence-corrected chi connectivity index (χ1v) is 8.33. The Labute approximate surface area is 161 Å². The van der Waals surface area contributed by atoms with E-state index in [0.29, 0.717) is 6.42 Å². The van der Waals surface area contributed by atoms with Crippen molar-refractivity contribution in [2.24, 2.45) is 0 Å². The van der Waals surface area contributed by atoms with Gasteiger partial charge in [-0.05, 0) is 6.42 Å². The van der Waals surface area contributed by atoms with Crippen molar-refractivity contribution in [3.63, 3.8) is 0 Å². The van der Waals surface area contributed by atoms with E-state index in [4.69, 9.17) is 10.2 Å². The van der Waals surface area contributed by atoms with Gasteiger partial charge >= 0.3 is 41.5 Å². The molecule has 1 unspecified atom stereocenters. The van der Waals surface area contributed by atoms with Crippen molar-refractivity contribution in [2.45, 2.75) is 83.3 Å². The molecule has 2 atom stereocenters. The van der Waals surface area contributed by atoms with E-state index in [1.54, 1.807) is 0 Å². The third-order valence-electron chi connectivity index (χ3n) is 3.67. The molecule has 0 aromatic rings. The van der Waals surface area contributed by atoms with Crippen LogP contribution in [0.25, 0.3) is 0 Å². The van der Waals surface area contributed by atoms with Gasteiger partial charge in [-0.2, -0.15) is 0 Å². The molecule has 4 N–H and O–H groups in total. The molecular formula is C16H32NNaO5. The number of nitrogens with one attached hydrogen (secondary N) is 1. The van der Waals surface area contributed by atoms with Crippen molar-refractivity contribution in [1.29, 1.82) is 0 Å². The molecule has 6 nitrogen and oxygen atoms in total. The van der Waals surface area contributed by atoms with E-state index in [9.17, 15) is 14.7 Å². The summed E-state index contributed by atoms with van der Waals surface area (Å²) >= 11 is 0. The van der Waals surface area contributed by atoms with Gasteiger partial charge in [0.05, 0.1) is 12.5 Å². The number of carboxylic acids is 2. The molecule has 0 aromatic heterocycles. The van der Waals surface area contributed by atoms with Gasteiger partial charge in [-0.25, -0.2) is 0 Å². The zero-order valence-electron chi connectivity index (χ0n) is 13.6. The molecular weight excluding hydrogens is 309 g/mol. The van der Waals surface area contributed by atoms with Crippen LogP contribution >= 0.6 is 0 Å². The molecule has 0 saturated heterocycles. The molecule has 0 saturated carbocycles. The second-order valence-corrected chi connectivity index (χ2v) is 5.81. The number of aliphatic hydroxyl groups is 1. The predicted molar refractivity (Wildman–Crippen MR) is 92.1 cm³/mol. The fourth-order valence-corrected chi connectivity index (χ4v) is 2.32. The summed E-state index contributed by atoms with van der Waals surface area (Å²) in [5.74, 6) is -2.38. The number of rotatable bonds is 15. The molecule has 0 aliphatic carbocycles. The quantitative estimate of drug-likeness (QED) is 0.267. The van der Waals surface area contributed by atoms with E-state index >= 15 is 0 Å². The predicted octanol–water partition coefficient (Wildman–Crippen LogP) is 1.75. The molecule has 0 spiro atoms. The average Bonchev–Trinajstić information content (AvgIpc) is 2.45. The van der Waals surface area contributed by atoms with Crippen molar-refractivity contribution < 1.29 is 24.9 Å². The summed E-state index contributed by atoms with van der Waals surface area (Å²) in [5, 5.41) is 29.9. The summed E-state index contributed by atoms with van der Waals surface area (Å²) < 4.78 is 0. The Kier molecular flexibility index (Phi) is 18.2. The van der Waals surface area contributed by atoms with Gasteiger partial charge in [0.1, 0.15) is 6.04 Å². The van der Waals surface area contributed by atoms with Crippen LogP contribution in [0.4, 0.5) is 0 Å². The molecule has 23 heavy (non-hydrogen) atoms. The van der Waals surface area contributed by atoms with Crippen molar-refractivity contribution >= 4 is 41.5 Å². The van der Waals surface area contributed by atoms with E-state index in [0.717, 1.165) is 12.8 Å². The van der Waals surface area contributed by atoms with E-state index < -0.39 is 30.5 Å². The van der Waals surface area contributed by atoms with Crippen LogP contribution in [0.15, 0.2) is 0 Å². The molecule has 0 amide bonds. The summed E-state index contributed by atoms with van der Waals surface area (Å²) in [4.78, 5) is 21.4. The Hall–Kier alpha value is -0.140. The Morgan fingerprint density at radius 1 is 0.957 bits per heavy atom. The number of carboxylic acid groups (broad SMARTS) is 2. The molecule has 0 radical (unpaired) electrons. The molecule has 0 aromatic carbocycles. The van der Waals surface area contributed by atoms with Gasteiger partial charge in [0, 0.05) is 6.54 Å². The van der Waals surface area contributed by atoms with Gasteiger partial charge in [-0.15, -0.1) is 0 Å². The van der Waals surface area contributed by atoms with Crippen LogP contribution < -0.4 is 5.32 Å². The first kappa shape index (κ1) is 25.1. The topological polar surface area (TPSA) is 107 Å². The Bertz CT molecular complexity index is 315. The minimum absolute atomic E-state index is 0. The monoisotopic (exact) mass is 341 g/mol. The van der Waals surface area contributed by atoms with Gasteiger partial charge in [-0.3, -0.25) is 9.59 Å². The van der Waals surface area contributed by atoms with Gasteiger partial charge in [0.25, 0.3) is 0 Å². The number of aliphatic carboxylic acids is 2. The van der Waals surface area contributed by atoms with Crippen molar-refractivity contribution in [1.82, 2.24) is 5.32 Å². The van der Waals surface area contributed by atoms with Gasteiger partial charge in [0.2, 0.25) is 0 Å². The zero-order chi connectivity index (χ0) is 16.8. The Morgan fingerprint density at radius 3 is 1.96 bits per heavy atom. The van der Waals surface area contributed by atoms with Crippen molar-refractivity contribution in [3.8, 4) is 0 Å². The third-order valence-corrected chi connectivity index (χ3v) is 3.67. The second-order valence-electron chi connectivity index (χ2n) is 5.81. The molecule has 0 rings (SSSR count). The molecule has 132 valence electrons. The van der Waals surface area contributed by atoms with E-state index in [1.807, 2.05) is 0 Å². The fourth-order valence-electron chi connectivity index (χ4n) is 2.32.